The molecule has 0 radical (unpaired) electrons. The summed E-state index contributed by atoms with van der Waals surface area (Å²) >= 11 is 0. The van der Waals surface area contributed by atoms with Crippen LogP contribution in [0.5, 0.6) is 6.01 Å². The van der Waals surface area contributed by atoms with Gasteiger partial charge in [0.2, 0.25) is 0 Å². The molecule has 0 saturated carbocycles. The third-order valence-electron chi connectivity index (χ3n) is 4.08. The standard InChI is InChI=1S/C20H25N5O2/c1-13(2)9-16(11-26)23-19-17-18(22-8-7-21-17)24-20(25-19)27-12-15-6-4-5-14(3)10-15/h4-8,10,13,16,26H,9,11-12H2,1-3H3,(H,22,23,24,25)/t16-/m1/s1. The summed E-state index contributed by atoms with van der Waals surface area (Å²) in [4.78, 5) is 17.4. The minimum Gasteiger partial charge on any atom is -0.458 e. The van der Waals surface area contributed by atoms with Crippen molar-refractivity contribution in [1.29, 1.82) is 0 Å². The lowest BCUT2D eigenvalue weighted by Gasteiger charge is -2.19. The van der Waals surface area contributed by atoms with Crippen LogP contribution in [-0.4, -0.2) is 37.7 Å². The van der Waals surface area contributed by atoms with Crippen LogP contribution >= 0.6 is 0 Å². The zero-order valence-corrected chi connectivity index (χ0v) is 15.9. The van der Waals surface area contributed by atoms with Gasteiger partial charge in [-0.15, -0.1) is 0 Å². The Hall–Kier alpha value is -2.80. The molecule has 0 fully saturated rings. The Morgan fingerprint density at radius 3 is 2.70 bits per heavy atom. The van der Waals surface area contributed by atoms with E-state index in [1.807, 2.05) is 25.1 Å². The summed E-state index contributed by atoms with van der Waals surface area (Å²) < 4.78 is 5.80. The molecule has 2 heterocycles. The average Bonchev–Trinajstić information content (AvgIpc) is 2.65. The number of nitrogens with one attached hydrogen (secondary N) is 1. The number of nitrogens with zero attached hydrogens (tertiary/aromatic N) is 4. The van der Waals surface area contributed by atoms with E-state index in [2.05, 4.69) is 45.2 Å². The average molecular weight is 367 g/mol. The molecule has 3 aromatic rings. The van der Waals surface area contributed by atoms with Gasteiger partial charge in [0, 0.05) is 12.4 Å². The van der Waals surface area contributed by atoms with Gasteiger partial charge in [-0.25, -0.2) is 9.97 Å². The van der Waals surface area contributed by atoms with Gasteiger partial charge >= 0.3 is 6.01 Å². The fraction of sp³-hybridized carbons (Fsp3) is 0.400. The maximum Gasteiger partial charge on any atom is 0.320 e. The predicted octanol–water partition coefficient (Wildman–Crippen LogP) is 3.13. The number of rotatable bonds is 8. The summed E-state index contributed by atoms with van der Waals surface area (Å²) in [5, 5.41) is 12.9. The second-order valence-electron chi connectivity index (χ2n) is 7.01. The Morgan fingerprint density at radius 2 is 1.96 bits per heavy atom. The summed E-state index contributed by atoms with van der Waals surface area (Å²) in [6.07, 6.45) is 3.99. The van der Waals surface area contributed by atoms with E-state index in [0.717, 1.165) is 12.0 Å². The molecule has 27 heavy (non-hydrogen) atoms. The van der Waals surface area contributed by atoms with Crippen molar-refractivity contribution in [1.82, 2.24) is 19.9 Å². The van der Waals surface area contributed by atoms with Gasteiger partial charge in [-0.1, -0.05) is 43.7 Å². The van der Waals surface area contributed by atoms with Crippen LogP contribution in [0, 0.1) is 12.8 Å². The number of benzene rings is 1. The first-order valence-electron chi connectivity index (χ1n) is 9.09. The molecule has 0 saturated heterocycles. The maximum atomic E-state index is 9.68. The molecule has 2 aromatic heterocycles. The zero-order valence-electron chi connectivity index (χ0n) is 15.9. The Bertz CT molecular complexity index is 900. The van der Waals surface area contributed by atoms with Gasteiger partial charge in [-0.2, -0.15) is 9.97 Å². The lowest BCUT2D eigenvalue weighted by atomic mass is 10.0. The number of hydrogen-bond donors (Lipinski definition) is 2. The van der Waals surface area contributed by atoms with Crippen LogP contribution in [0.15, 0.2) is 36.7 Å². The first-order chi connectivity index (χ1) is 13.0. The van der Waals surface area contributed by atoms with Crippen molar-refractivity contribution in [2.45, 2.75) is 39.8 Å². The second kappa shape index (κ2) is 8.73. The highest BCUT2D eigenvalue weighted by molar-refractivity contribution is 5.82. The van der Waals surface area contributed by atoms with Crippen molar-refractivity contribution < 1.29 is 9.84 Å². The van der Waals surface area contributed by atoms with E-state index in [4.69, 9.17) is 4.74 Å². The van der Waals surface area contributed by atoms with Crippen molar-refractivity contribution in [2.75, 3.05) is 11.9 Å². The number of anilines is 1. The second-order valence-corrected chi connectivity index (χ2v) is 7.01. The van der Waals surface area contributed by atoms with E-state index in [-0.39, 0.29) is 18.7 Å². The molecule has 2 N–H and O–H groups in total. The van der Waals surface area contributed by atoms with Gasteiger partial charge in [0.15, 0.2) is 17.0 Å². The molecule has 0 bridgehead atoms. The molecule has 7 nitrogen and oxygen atoms in total. The van der Waals surface area contributed by atoms with E-state index >= 15 is 0 Å². The van der Waals surface area contributed by atoms with Crippen LogP contribution < -0.4 is 10.1 Å². The molecular formula is C20H25N5O2. The molecule has 3 rings (SSSR count). The number of fused-ring (bicyclic) bond motifs is 1. The lowest BCUT2D eigenvalue weighted by molar-refractivity contribution is 0.258. The summed E-state index contributed by atoms with van der Waals surface area (Å²) in [6, 6.07) is 8.19. The van der Waals surface area contributed by atoms with E-state index in [9.17, 15) is 5.11 Å². The van der Waals surface area contributed by atoms with Crippen LogP contribution in [0.3, 0.4) is 0 Å². The van der Waals surface area contributed by atoms with Gasteiger partial charge < -0.3 is 15.2 Å². The van der Waals surface area contributed by atoms with Crippen molar-refractivity contribution in [3.8, 4) is 6.01 Å². The summed E-state index contributed by atoms with van der Waals surface area (Å²) in [6.45, 7) is 6.63. The summed E-state index contributed by atoms with van der Waals surface area (Å²) in [7, 11) is 0. The molecule has 0 amide bonds. The quantitative estimate of drug-likeness (QED) is 0.632. The number of aliphatic hydroxyl groups excluding tert-OH is 1. The van der Waals surface area contributed by atoms with E-state index < -0.39 is 0 Å². The topological polar surface area (TPSA) is 93.0 Å². The fourth-order valence-electron chi connectivity index (χ4n) is 2.90. The van der Waals surface area contributed by atoms with Gasteiger partial charge in [-0.05, 0) is 24.8 Å². The Labute approximate surface area is 158 Å². The smallest absolute Gasteiger partial charge is 0.320 e. The molecule has 7 heteroatoms. The molecule has 1 atom stereocenters. The molecule has 0 unspecified atom stereocenters. The SMILES string of the molecule is Cc1cccc(COc2nc(N[C@@H](CO)CC(C)C)c3nccnc3n2)c1. The molecule has 0 aliphatic rings. The number of aliphatic hydroxyl groups is 1. The van der Waals surface area contributed by atoms with E-state index in [0.29, 0.717) is 29.5 Å². The molecule has 1 aromatic carbocycles. The fourth-order valence-corrected chi connectivity index (χ4v) is 2.90. The van der Waals surface area contributed by atoms with Crippen molar-refractivity contribution in [3.63, 3.8) is 0 Å². The highest BCUT2D eigenvalue weighted by Crippen LogP contribution is 2.22. The molecular weight excluding hydrogens is 342 g/mol. The number of hydrogen-bond acceptors (Lipinski definition) is 7. The van der Waals surface area contributed by atoms with Crippen LogP contribution in [0.1, 0.15) is 31.4 Å². The minimum absolute atomic E-state index is 0.00339. The number of ether oxygens (including phenoxy) is 1. The molecule has 0 aliphatic carbocycles. The highest BCUT2D eigenvalue weighted by atomic mass is 16.5. The third-order valence-corrected chi connectivity index (χ3v) is 4.08. The van der Waals surface area contributed by atoms with Gasteiger partial charge in [-0.3, -0.25) is 0 Å². The molecule has 0 aliphatic heterocycles. The lowest BCUT2D eigenvalue weighted by Crippen LogP contribution is -2.26. The summed E-state index contributed by atoms with van der Waals surface area (Å²) in [5.74, 6) is 0.956. The Balaban J connectivity index is 1.85. The molecule has 0 spiro atoms. The maximum absolute atomic E-state index is 9.68. The first kappa shape index (κ1) is 19.0. The van der Waals surface area contributed by atoms with Crippen LogP contribution in [0.4, 0.5) is 5.82 Å². The van der Waals surface area contributed by atoms with Gasteiger partial charge in [0.05, 0.1) is 12.6 Å². The van der Waals surface area contributed by atoms with Crippen LogP contribution in [-0.2, 0) is 6.61 Å². The summed E-state index contributed by atoms with van der Waals surface area (Å²) in [5.41, 5.74) is 3.22. The third kappa shape index (κ3) is 5.10. The highest BCUT2D eigenvalue weighted by Gasteiger charge is 2.16. The minimum atomic E-state index is -0.130. The van der Waals surface area contributed by atoms with Crippen molar-refractivity contribution >= 4 is 17.0 Å². The van der Waals surface area contributed by atoms with Crippen molar-refractivity contribution in [2.24, 2.45) is 5.92 Å². The van der Waals surface area contributed by atoms with E-state index in [1.54, 1.807) is 12.4 Å². The van der Waals surface area contributed by atoms with Crippen LogP contribution in [0.2, 0.25) is 0 Å². The number of aryl methyl sites for hydroxylation is 1. The Morgan fingerprint density at radius 1 is 1.15 bits per heavy atom. The molecule has 142 valence electrons. The largest absolute Gasteiger partial charge is 0.458 e. The zero-order chi connectivity index (χ0) is 19.2. The van der Waals surface area contributed by atoms with Crippen LogP contribution in [0.25, 0.3) is 11.2 Å². The van der Waals surface area contributed by atoms with Crippen molar-refractivity contribution in [3.05, 3.63) is 47.8 Å². The van der Waals surface area contributed by atoms with E-state index in [1.165, 1.54) is 5.56 Å². The Kier molecular flexibility index (Phi) is 6.13. The first-order valence-corrected chi connectivity index (χ1v) is 9.09. The van der Waals surface area contributed by atoms with Gasteiger partial charge in [0.1, 0.15) is 6.61 Å². The normalized spacial score (nSPS) is 12.3. The number of aromatic nitrogens is 4. The monoisotopic (exact) mass is 367 g/mol. The predicted molar refractivity (Wildman–Crippen MR) is 105 cm³/mol. The van der Waals surface area contributed by atoms with Gasteiger partial charge in [0.25, 0.3) is 0 Å².